The highest BCUT2D eigenvalue weighted by atomic mass is 16.2. The number of hydrogen-bond acceptors (Lipinski definition) is 2. The molecular formula is C17H23NO2. The minimum atomic E-state index is -0.221. The summed E-state index contributed by atoms with van der Waals surface area (Å²) in [7, 11) is 0. The number of carbonyl (C=O) groups is 2. The molecule has 0 saturated carbocycles. The summed E-state index contributed by atoms with van der Waals surface area (Å²) in [6.07, 6.45) is 0.929. The molecule has 1 aromatic rings. The highest BCUT2D eigenvalue weighted by Gasteiger charge is 2.39. The predicted molar refractivity (Wildman–Crippen MR) is 81.5 cm³/mol. The summed E-state index contributed by atoms with van der Waals surface area (Å²) in [6.45, 7) is 11.5. The highest BCUT2D eigenvalue weighted by Crippen LogP contribution is 2.44. The van der Waals surface area contributed by atoms with Gasteiger partial charge in [-0.3, -0.25) is 9.59 Å². The molecule has 1 aliphatic heterocycles. The summed E-state index contributed by atoms with van der Waals surface area (Å²) in [5, 5.41) is 0. The summed E-state index contributed by atoms with van der Waals surface area (Å²) in [4.78, 5) is 25.7. The second kappa shape index (κ2) is 4.72. The van der Waals surface area contributed by atoms with Gasteiger partial charge in [-0.05, 0) is 57.2 Å². The number of nitrogens with zero attached hydrogens (tertiary/aromatic N) is 1. The Morgan fingerprint density at radius 3 is 2.35 bits per heavy atom. The van der Waals surface area contributed by atoms with Crippen LogP contribution in [0.15, 0.2) is 12.1 Å². The van der Waals surface area contributed by atoms with E-state index in [0.717, 1.165) is 17.7 Å². The van der Waals surface area contributed by atoms with Crippen LogP contribution in [0.2, 0.25) is 0 Å². The van der Waals surface area contributed by atoms with Gasteiger partial charge in [-0.1, -0.05) is 13.0 Å². The van der Waals surface area contributed by atoms with E-state index in [0.29, 0.717) is 11.5 Å². The molecular weight excluding hydrogens is 250 g/mol. The number of carbonyl (C=O) groups excluding carboxylic acids is 2. The van der Waals surface area contributed by atoms with Crippen LogP contribution in [0, 0.1) is 6.92 Å². The standard InChI is InChI=1S/C17H23NO2/c1-10-7-15-11(2)9-17(5,6)18(13(4)20)16(15)8-14(10)12(3)19/h7-8,11H,9H2,1-6H3/t11-/m1/s1. The summed E-state index contributed by atoms with van der Waals surface area (Å²) in [5.74, 6) is 0.460. The Morgan fingerprint density at radius 2 is 1.85 bits per heavy atom. The SMILES string of the molecule is CC(=O)c1cc2c(cc1C)[C@H](C)CC(C)(C)N2C(C)=O. The molecule has 1 aromatic carbocycles. The molecule has 1 heterocycles. The first-order valence-corrected chi connectivity index (χ1v) is 7.11. The van der Waals surface area contributed by atoms with Gasteiger partial charge in [0.25, 0.3) is 0 Å². The zero-order valence-corrected chi connectivity index (χ0v) is 13.2. The highest BCUT2D eigenvalue weighted by molar-refractivity contribution is 6.00. The van der Waals surface area contributed by atoms with Crippen molar-refractivity contribution in [3.05, 3.63) is 28.8 Å². The maximum atomic E-state index is 12.1. The average Bonchev–Trinajstić information content (AvgIpc) is 2.27. The maximum absolute atomic E-state index is 12.1. The summed E-state index contributed by atoms with van der Waals surface area (Å²) in [5.41, 5.74) is 3.55. The van der Waals surface area contributed by atoms with E-state index in [-0.39, 0.29) is 17.2 Å². The van der Waals surface area contributed by atoms with Gasteiger partial charge in [0, 0.05) is 23.7 Å². The number of ketones is 1. The van der Waals surface area contributed by atoms with Crippen molar-refractivity contribution < 1.29 is 9.59 Å². The van der Waals surface area contributed by atoms with Crippen LogP contribution in [0.1, 0.15) is 68.4 Å². The van der Waals surface area contributed by atoms with Crippen LogP contribution in [0.5, 0.6) is 0 Å². The van der Waals surface area contributed by atoms with Gasteiger partial charge >= 0.3 is 0 Å². The molecule has 1 aliphatic rings. The molecule has 1 amide bonds. The number of rotatable bonds is 1. The van der Waals surface area contributed by atoms with Crippen LogP contribution in [-0.4, -0.2) is 17.2 Å². The fourth-order valence-corrected chi connectivity index (χ4v) is 3.56. The molecule has 2 rings (SSSR count). The monoisotopic (exact) mass is 273 g/mol. The van der Waals surface area contributed by atoms with E-state index in [4.69, 9.17) is 0 Å². The van der Waals surface area contributed by atoms with Gasteiger partial charge in [0.1, 0.15) is 0 Å². The lowest BCUT2D eigenvalue weighted by Crippen LogP contribution is -2.50. The second-order valence-electron chi connectivity index (χ2n) is 6.55. The zero-order chi connectivity index (χ0) is 15.2. The van der Waals surface area contributed by atoms with Crippen LogP contribution in [0.25, 0.3) is 0 Å². The van der Waals surface area contributed by atoms with Crippen molar-refractivity contribution in [3.8, 4) is 0 Å². The molecule has 3 nitrogen and oxygen atoms in total. The predicted octanol–water partition coefficient (Wildman–Crippen LogP) is 3.84. The van der Waals surface area contributed by atoms with E-state index in [1.165, 1.54) is 5.56 Å². The van der Waals surface area contributed by atoms with Crippen molar-refractivity contribution in [2.45, 2.75) is 59.4 Å². The first-order valence-electron chi connectivity index (χ1n) is 7.11. The maximum Gasteiger partial charge on any atom is 0.224 e. The Hall–Kier alpha value is -1.64. The molecule has 0 bridgehead atoms. The summed E-state index contributed by atoms with van der Waals surface area (Å²) >= 11 is 0. The minimum Gasteiger partial charge on any atom is -0.307 e. The van der Waals surface area contributed by atoms with Gasteiger partial charge in [0.05, 0.1) is 0 Å². The molecule has 0 saturated heterocycles. The number of fused-ring (bicyclic) bond motifs is 1. The third-order valence-electron chi connectivity index (χ3n) is 4.25. The molecule has 0 spiro atoms. The molecule has 0 fully saturated rings. The topological polar surface area (TPSA) is 37.4 Å². The Morgan fingerprint density at radius 1 is 1.25 bits per heavy atom. The number of hydrogen-bond donors (Lipinski definition) is 0. The number of anilines is 1. The third-order valence-corrected chi connectivity index (χ3v) is 4.25. The molecule has 1 atom stereocenters. The Labute approximate surface area is 121 Å². The van der Waals surface area contributed by atoms with Crippen LogP contribution in [0.4, 0.5) is 5.69 Å². The lowest BCUT2D eigenvalue weighted by Gasteiger charge is -2.46. The number of aryl methyl sites for hydroxylation is 1. The van der Waals surface area contributed by atoms with Crippen molar-refractivity contribution in [2.75, 3.05) is 4.90 Å². The van der Waals surface area contributed by atoms with Crippen molar-refractivity contribution in [1.29, 1.82) is 0 Å². The Balaban J connectivity index is 2.72. The van der Waals surface area contributed by atoms with Crippen molar-refractivity contribution in [2.24, 2.45) is 0 Å². The van der Waals surface area contributed by atoms with Crippen molar-refractivity contribution in [1.82, 2.24) is 0 Å². The number of benzene rings is 1. The zero-order valence-electron chi connectivity index (χ0n) is 13.2. The van der Waals surface area contributed by atoms with E-state index in [2.05, 4.69) is 26.8 Å². The first kappa shape index (κ1) is 14.8. The fraction of sp³-hybridized carbons (Fsp3) is 0.529. The molecule has 108 valence electrons. The van der Waals surface area contributed by atoms with Crippen LogP contribution in [-0.2, 0) is 4.79 Å². The Kier molecular flexibility index (Phi) is 3.49. The van der Waals surface area contributed by atoms with E-state index in [1.54, 1.807) is 13.8 Å². The average molecular weight is 273 g/mol. The van der Waals surface area contributed by atoms with Crippen molar-refractivity contribution in [3.63, 3.8) is 0 Å². The molecule has 0 N–H and O–H groups in total. The van der Waals surface area contributed by atoms with E-state index in [1.807, 2.05) is 17.9 Å². The summed E-state index contributed by atoms with van der Waals surface area (Å²) < 4.78 is 0. The second-order valence-corrected chi connectivity index (χ2v) is 6.55. The number of amides is 1. The smallest absolute Gasteiger partial charge is 0.224 e. The van der Waals surface area contributed by atoms with Gasteiger partial charge in [-0.2, -0.15) is 0 Å². The Bertz CT molecular complexity index is 587. The van der Waals surface area contributed by atoms with Gasteiger partial charge in [0.2, 0.25) is 5.91 Å². The van der Waals surface area contributed by atoms with Crippen LogP contribution < -0.4 is 4.90 Å². The first-order chi connectivity index (χ1) is 9.15. The van der Waals surface area contributed by atoms with E-state index in [9.17, 15) is 9.59 Å². The van der Waals surface area contributed by atoms with Gasteiger partial charge in [-0.25, -0.2) is 0 Å². The summed E-state index contributed by atoms with van der Waals surface area (Å²) in [6, 6.07) is 3.97. The number of Topliss-reactive ketones (excluding diaryl/α,β-unsaturated/α-hetero) is 1. The third kappa shape index (κ3) is 2.26. The molecule has 20 heavy (non-hydrogen) atoms. The van der Waals surface area contributed by atoms with E-state index < -0.39 is 0 Å². The van der Waals surface area contributed by atoms with Crippen molar-refractivity contribution >= 4 is 17.4 Å². The molecule has 0 aliphatic carbocycles. The quantitative estimate of drug-likeness (QED) is 0.729. The van der Waals surface area contributed by atoms with Crippen LogP contribution in [0.3, 0.4) is 0 Å². The van der Waals surface area contributed by atoms with E-state index >= 15 is 0 Å². The lowest BCUT2D eigenvalue weighted by molar-refractivity contribution is -0.117. The minimum absolute atomic E-state index is 0.0292. The molecule has 0 aromatic heterocycles. The normalized spacial score (nSPS) is 20.5. The van der Waals surface area contributed by atoms with Gasteiger partial charge in [-0.15, -0.1) is 0 Å². The fourth-order valence-electron chi connectivity index (χ4n) is 3.56. The lowest BCUT2D eigenvalue weighted by atomic mass is 9.78. The largest absolute Gasteiger partial charge is 0.307 e. The molecule has 0 unspecified atom stereocenters. The van der Waals surface area contributed by atoms with Crippen LogP contribution >= 0.6 is 0 Å². The van der Waals surface area contributed by atoms with Gasteiger partial charge < -0.3 is 4.90 Å². The van der Waals surface area contributed by atoms with Gasteiger partial charge in [0.15, 0.2) is 5.78 Å². The molecule has 0 radical (unpaired) electrons. The molecule has 3 heteroatoms.